The van der Waals surface area contributed by atoms with Crippen LogP contribution in [0.4, 0.5) is 0 Å². The molecule has 1 heterocycles. The van der Waals surface area contributed by atoms with Crippen molar-refractivity contribution in [2.75, 3.05) is 25.4 Å². The van der Waals surface area contributed by atoms with E-state index in [1.54, 1.807) is 74.5 Å². The first-order valence-electron chi connectivity index (χ1n) is 31.6. The lowest BCUT2D eigenvalue weighted by molar-refractivity contribution is -0.140. The molecule has 1 saturated heterocycles. The van der Waals surface area contributed by atoms with E-state index in [9.17, 15) is 67.1 Å². The molecule has 0 aliphatic carbocycles. The van der Waals surface area contributed by atoms with Crippen LogP contribution in [-0.4, -0.2) is 173 Å². The van der Waals surface area contributed by atoms with Crippen molar-refractivity contribution in [2.45, 2.75) is 172 Å². The summed E-state index contributed by atoms with van der Waals surface area (Å²) >= 11 is 0.913. The molecule has 4 rings (SSSR count). The lowest BCUT2D eigenvalue weighted by Crippen LogP contribution is -2.61. The number of amides is 13. The fourth-order valence-electron chi connectivity index (χ4n) is 10.4. The van der Waals surface area contributed by atoms with Gasteiger partial charge in [0.25, 0.3) is 0 Å². The van der Waals surface area contributed by atoms with E-state index in [2.05, 4.69) is 47.9 Å². The van der Waals surface area contributed by atoms with Crippen LogP contribution in [-0.2, 0) is 86.4 Å². The predicted octanol–water partition coefficient (Wildman–Crippen LogP) is -2.24. The highest BCUT2D eigenvalue weighted by Crippen LogP contribution is 2.21. The Morgan fingerprint density at radius 2 is 0.958 bits per heavy atom. The van der Waals surface area contributed by atoms with Crippen LogP contribution in [0.1, 0.15) is 109 Å². The molecule has 30 heteroatoms. The molecule has 518 valence electrons. The Bertz CT molecular complexity index is 3130. The summed E-state index contributed by atoms with van der Waals surface area (Å²) in [5, 5.41) is 22.7. The number of hydrogen-bond donors (Lipinski definition) is 14. The zero-order chi connectivity index (χ0) is 70.3. The third kappa shape index (κ3) is 27.7. The molecule has 0 unspecified atom stereocenters. The van der Waals surface area contributed by atoms with Gasteiger partial charge in [0.1, 0.15) is 48.3 Å². The molecule has 29 nitrogen and oxygen atoms in total. The van der Waals surface area contributed by atoms with E-state index >= 15 is 0 Å². The molecule has 13 amide bonds. The molecule has 0 aromatic heterocycles. The van der Waals surface area contributed by atoms with Crippen LogP contribution < -0.4 is 76.5 Å². The summed E-state index contributed by atoms with van der Waals surface area (Å²) in [7, 11) is 0. The molecule has 1 aliphatic heterocycles. The molecule has 1 aliphatic rings. The molecule has 0 saturated carbocycles. The van der Waals surface area contributed by atoms with Crippen molar-refractivity contribution >= 4 is 93.7 Å². The van der Waals surface area contributed by atoms with E-state index in [-0.39, 0.29) is 87.3 Å². The lowest BCUT2D eigenvalue weighted by atomic mass is 10.0. The molecule has 95 heavy (non-hydrogen) atoms. The Morgan fingerprint density at radius 1 is 0.526 bits per heavy atom. The number of nitrogens with zero attached hydrogens (tertiary/aromatic N) is 1. The van der Waals surface area contributed by atoms with Gasteiger partial charge < -0.3 is 81.4 Å². The minimum Gasteiger partial charge on any atom is -0.370 e. The normalized spacial score (nSPS) is 15.5. The van der Waals surface area contributed by atoms with Crippen molar-refractivity contribution in [3.05, 3.63) is 108 Å². The summed E-state index contributed by atoms with van der Waals surface area (Å²) < 4.78 is 0. The molecular weight excluding hydrogens is 1250 g/mol. The topological polar surface area (TPSA) is 481 Å². The maximum Gasteiger partial charge on any atom is 0.243 e. The lowest BCUT2D eigenvalue weighted by Gasteiger charge is -2.29. The van der Waals surface area contributed by atoms with Gasteiger partial charge in [-0.05, 0) is 80.0 Å². The first-order chi connectivity index (χ1) is 45.1. The minimum absolute atomic E-state index is 0.00782. The van der Waals surface area contributed by atoms with Crippen LogP contribution in [0.5, 0.6) is 0 Å². The van der Waals surface area contributed by atoms with Crippen molar-refractivity contribution in [1.82, 2.24) is 52.8 Å². The van der Waals surface area contributed by atoms with Crippen molar-refractivity contribution in [3.8, 4) is 0 Å². The van der Waals surface area contributed by atoms with Crippen molar-refractivity contribution in [1.29, 1.82) is 0 Å². The van der Waals surface area contributed by atoms with Gasteiger partial charge in [-0.15, -0.1) is 0 Å². The van der Waals surface area contributed by atoms with Crippen LogP contribution in [0, 0.1) is 11.8 Å². The average molecular weight is 1340 g/mol. The van der Waals surface area contributed by atoms with E-state index < -0.39 is 163 Å². The summed E-state index contributed by atoms with van der Waals surface area (Å²) in [5.74, 6) is -12.2. The van der Waals surface area contributed by atoms with E-state index in [0.717, 1.165) is 17.3 Å². The Kier molecular flexibility index (Phi) is 33.0. The second-order valence-electron chi connectivity index (χ2n) is 24.1. The van der Waals surface area contributed by atoms with Gasteiger partial charge in [-0.25, -0.2) is 0 Å². The van der Waals surface area contributed by atoms with Crippen LogP contribution in [0.15, 0.2) is 91.0 Å². The van der Waals surface area contributed by atoms with Gasteiger partial charge in [0.05, 0.1) is 24.9 Å². The summed E-state index contributed by atoms with van der Waals surface area (Å²) in [5.41, 5.74) is 30.7. The largest absolute Gasteiger partial charge is 0.370 e. The van der Waals surface area contributed by atoms with Gasteiger partial charge in [-0.3, -0.25) is 67.1 Å². The van der Waals surface area contributed by atoms with Crippen LogP contribution in [0.3, 0.4) is 0 Å². The van der Waals surface area contributed by atoms with E-state index in [4.69, 9.17) is 28.7 Å². The summed E-state index contributed by atoms with van der Waals surface area (Å²) in [6.07, 6.45) is -1.78. The Morgan fingerprint density at radius 3 is 1.43 bits per heavy atom. The third-order valence-corrected chi connectivity index (χ3v) is 16.3. The minimum atomic E-state index is -1.90. The number of thioether (sulfide) groups is 1. The molecule has 0 bridgehead atoms. The monoisotopic (exact) mass is 1340 g/mol. The molecule has 0 radical (unpaired) electrons. The number of benzene rings is 3. The number of rotatable bonds is 40. The highest BCUT2D eigenvalue weighted by atomic mass is 32.2. The molecule has 19 N–H and O–H groups in total. The van der Waals surface area contributed by atoms with Gasteiger partial charge in [-0.1, -0.05) is 130 Å². The summed E-state index contributed by atoms with van der Waals surface area (Å²) in [4.78, 5) is 192. The first-order valence-corrected chi connectivity index (χ1v) is 32.6. The third-order valence-electron chi connectivity index (χ3n) is 15.3. The molecule has 0 spiro atoms. The molecular formula is C65H93N15O14S. The first kappa shape index (κ1) is 78.2. The number of carbonyl (C=O) groups is 14. The van der Waals surface area contributed by atoms with Crippen molar-refractivity contribution in [3.63, 3.8) is 0 Å². The zero-order valence-electron chi connectivity index (χ0n) is 54.4. The quantitative estimate of drug-likeness (QED) is 0.0268. The maximum absolute atomic E-state index is 14.7. The standard InChI is InChI=1S/C65H93N15O14S/c1-37(2)31-50(65(94)95-30-28-71-39(5)81)78-56(85)44(23-15-27-66)73-63(92)55(38(3)4)79-61(90)49(36-54(70)84)75-57(86)45(25-26-52(68)82)72-60(89)48(35-53(69)83)76-58(87)46(33-41-19-11-7-12-20-41)74-59(88)47(34-42-21-13-8-14-22-42)77-62(91)51-24-16-29-80(51)64(93)43(67)32-40-17-9-6-10-18-40/h6-14,17-22,37-38,43-51,55H,15-16,23-36,66-67H2,1-5H3,(H2,68,82)(H2,69,83)(H2,70,84)(H,71,81)(H,72,89)(H,73,92)(H,74,88)(H,75,86)(H,76,87)(H,77,91)(H,78,85)(H,79,90)/t43-,44+,45+,46-,47+,48+,49+,50+,51+,55+/m1/s1. The van der Waals surface area contributed by atoms with Gasteiger partial charge in [0, 0.05) is 45.0 Å². The van der Waals surface area contributed by atoms with Crippen LogP contribution in [0.25, 0.3) is 0 Å². The Balaban J connectivity index is 1.58. The zero-order valence-corrected chi connectivity index (χ0v) is 55.2. The van der Waals surface area contributed by atoms with Gasteiger partial charge in [-0.2, -0.15) is 0 Å². The number of nitrogens with two attached hydrogens (primary N) is 5. The maximum atomic E-state index is 14.7. The van der Waals surface area contributed by atoms with Gasteiger partial charge in [0.15, 0.2) is 0 Å². The highest BCUT2D eigenvalue weighted by Gasteiger charge is 2.40. The SMILES string of the molecule is CC(=O)NCCSC(=O)[C@H](CC(C)C)NC(=O)[C@H](CCCN)NC(=O)[C@@H](NC(=O)[C@H](CC(N)=O)NC(=O)[C@H](CCC(N)=O)NC(=O)[C@H](CC(N)=O)NC(=O)[C@@H](Cc1ccccc1)NC(=O)[C@H](Cc1ccccc1)NC(=O)[C@@H]1CCCN1C(=O)[C@H](N)Cc1ccccc1)C(C)C. The van der Waals surface area contributed by atoms with E-state index in [0.29, 0.717) is 17.5 Å². The summed E-state index contributed by atoms with van der Waals surface area (Å²) in [6, 6.07) is 12.0. The number of nitrogens with one attached hydrogen (secondary N) is 9. The van der Waals surface area contributed by atoms with E-state index in [1.807, 2.05) is 44.2 Å². The number of hydrogen-bond acceptors (Lipinski definition) is 17. The van der Waals surface area contributed by atoms with Crippen molar-refractivity contribution < 1.29 is 67.1 Å². The Labute approximate surface area is 556 Å². The Hall–Kier alpha value is -9.29. The fraction of sp³-hybridized carbons (Fsp3) is 0.508. The number of primary amides is 3. The molecule has 3 aromatic carbocycles. The fourth-order valence-corrected chi connectivity index (χ4v) is 11.2. The molecule has 3 aromatic rings. The van der Waals surface area contributed by atoms with Gasteiger partial charge >= 0.3 is 0 Å². The molecule has 10 atom stereocenters. The van der Waals surface area contributed by atoms with E-state index in [1.165, 1.54) is 11.8 Å². The number of carbonyl (C=O) groups excluding carboxylic acids is 14. The van der Waals surface area contributed by atoms with Crippen LogP contribution >= 0.6 is 11.8 Å². The van der Waals surface area contributed by atoms with Gasteiger partial charge in [0.2, 0.25) is 81.9 Å². The number of likely N-dealkylation sites (tertiary alicyclic amines) is 1. The predicted molar refractivity (Wildman–Crippen MR) is 353 cm³/mol. The highest BCUT2D eigenvalue weighted by molar-refractivity contribution is 8.13. The smallest absolute Gasteiger partial charge is 0.243 e. The average Bonchev–Trinajstić information content (AvgIpc) is 1.80. The molecule has 1 fully saturated rings. The summed E-state index contributed by atoms with van der Waals surface area (Å²) in [6.45, 7) is 8.68. The second kappa shape index (κ2) is 40.1. The van der Waals surface area contributed by atoms with Crippen molar-refractivity contribution in [2.24, 2.45) is 40.5 Å². The van der Waals surface area contributed by atoms with Crippen LogP contribution in [0.2, 0.25) is 0 Å². The second-order valence-corrected chi connectivity index (χ2v) is 25.2.